The van der Waals surface area contributed by atoms with Crippen LogP contribution in [-0.2, 0) is 11.3 Å². The number of furan rings is 1. The Bertz CT molecular complexity index is 986. The summed E-state index contributed by atoms with van der Waals surface area (Å²) in [6, 6.07) is 12.2. The van der Waals surface area contributed by atoms with Crippen LogP contribution in [0.15, 0.2) is 40.8 Å². The SMILES string of the molecule is CC(C)(C)OC(=O)NCC1CCCCN1C(=O)c1ccc(COc2ccccc2C#N)o1. The number of likely N-dealkylation sites (tertiary alicyclic amines) is 1. The van der Waals surface area contributed by atoms with Crippen molar-refractivity contribution in [3.63, 3.8) is 0 Å². The molecular weight excluding hydrogens is 410 g/mol. The Morgan fingerprint density at radius 1 is 1.22 bits per heavy atom. The average molecular weight is 440 g/mol. The maximum absolute atomic E-state index is 13.1. The van der Waals surface area contributed by atoms with Crippen molar-refractivity contribution >= 4 is 12.0 Å². The van der Waals surface area contributed by atoms with Crippen molar-refractivity contribution in [3.8, 4) is 11.8 Å². The molecule has 1 fully saturated rings. The summed E-state index contributed by atoms with van der Waals surface area (Å²) < 4.78 is 16.7. The highest BCUT2D eigenvalue weighted by Gasteiger charge is 2.30. The van der Waals surface area contributed by atoms with Gasteiger partial charge in [-0.3, -0.25) is 4.79 Å². The molecule has 2 amide bonds. The molecule has 1 N–H and O–H groups in total. The van der Waals surface area contributed by atoms with E-state index in [-0.39, 0.29) is 24.3 Å². The third kappa shape index (κ3) is 6.27. The van der Waals surface area contributed by atoms with E-state index in [1.165, 1.54) is 0 Å². The van der Waals surface area contributed by atoms with E-state index < -0.39 is 11.7 Å². The number of nitrogens with one attached hydrogen (secondary N) is 1. The third-order valence-electron chi connectivity index (χ3n) is 5.02. The molecule has 0 bridgehead atoms. The number of piperidine rings is 1. The molecule has 1 atom stereocenters. The highest BCUT2D eigenvalue weighted by atomic mass is 16.6. The number of rotatable bonds is 6. The molecule has 1 aliphatic rings. The predicted octanol–water partition coefficient (Wildman–Crippen LogP) is 4.25. The summed E-state index contributed by atoms with van der Waals surface area (Å²) in [5, 5.41) is 11.9. The Hall–Kier alpha value is -3.47. The molecule has 32 heavy (non-hydrogen) atoms. The molecule has 8 nitrogen and oxygen atoms in total. The zero-order valence-corrected chi connectivity index (χ0v) is 18.7. The summed E-state index contributed by atoms with van der Waals surface area (Å²) in [7, 11) is 0. The molecule has 2 heterocycles. The first-order valence-corrected chi connectivity index (χ1v) is 10.8. The molecule has 2 aromatic rings. The van der Waals surface area contributed by atoms with Crippen LogP contribution in [0.5, 0.6) is 5.75 Å². The molecule has 1 saturated heterocycles. The number of benzene rings is 1. The van der Waals surface area contributed by atoms with Crippen molar-refractivity contribution in [2.75, 3.05) is 13.1 Å². The van der Waals surface area contributed by atoms with E-state index in [0.29, 0.717) is 30.2 Å². The van der Waals surface area contributed by atoms with Gasteiger partial charge in [-0.1, -0.05) is 12.1 Å². The topological polar surface area (TPSA) is 105 Å². The summed E-state index contributed by atoms with van der Waals surface area (Å²) in [5.41, 5.74) is -0.143. The highest BCUT2D eigenvalue weighted by molar-refractivity contribution is 5.92. The van der Waals surface area contributed by atoms with E-state index in [0.717, 1.165) is 19.3 Å². The van der Waals surface area contributed by atoms with Gasteiger partial charge in [-0.15, -0.1) is 0 Å². The van der Waals surface area contributed by atoms with E-state index in [4.69, 9.17) is 19.2 Å². The second-order valence-corrected chi connectivity index (χ2v) is 8.69. The second kappa shape index (κ2) is 10.2. The fourth-order valence-electron chi connectivity index (χ4n) is 3.54. The van der Waals surface area contributed by atoms with Crippen molar-refractivity contribution < 1.29 is 23.5 Å². The molecule has 3 rings (SSSR count). The molecule has 1 unspecified atom stereocenters. The van der Waals surface area contributed by atoms with Gasteiger partial charge in [-0.2, -0.15) is 5.26 Å². The first kappa shape index (κ1) is 23.2. The smallest absolute Gasteiger partial charge is 0.407 e. The zero-order valence-electron chi connectivity index (χ0n) is 18.7. The zero-order chi connectivity index (χ0) is 23.1. The van der Waals surface area contributed by atoms with Crippen LogP contribution in [0.3, 0.4) is 0 Å². The van der Waals surface area contributed by atoms with E-state index in [1.54, 1.807) is 62.1 Å². The largest absolute Gasteiger partial charge is 0.484 e. The lowest BCUT2D eigenvalue weighted by Crippen LogP contribution is -2.49. The molecule has 8 heteroatoms. The van der Waals surface area contributed by atoms with Gasteiger partial charge in [0.25, 0.3) is 5.91 Å². The lowest BCUT2D eigenvalue weighted by atomic mass is 10.0. The minimum atomic E-state index is -0.577. The van der Waals surface area contributed by atoms with E-state index >= 15 is 0 Å². The maximum atomic E-state index is 13.1. The van der Waals surface area contributed by atoms with Gasteiger partial charge < -0.3 is 24.1 Å². The van der Waals surface area contributed by atoms with Crippen molar-refractivity contribution in [1.29, 1.82) is 5.26 Å². The summed E-state index contributed by atoms with van der Waals surface area (Å²) in [5.74, 6) is 0.954. The lowest BCUT2D eigenvalue weighted by Gasteiger charge is -2.35. The monoisotopic (exact) mass is 439 g/mol. The van der Waals surface area contributed by atoms with Gasteiger partial charge >= 0.3 is 6.09 Å². The molecule has 1 aromatic carbocycles. The molecule has 0 aliphatic carbocycles. The van der Waals surface area contributed by atoms with Gasteiger partial charge in [0.2, 0.25) is 0 Å². The van der Waals surface area contributed by atoms with Crippen LogP contribution < -0.4 is 10.1 Å². The van der Waals surface area contributed by atoms with Gasteiger partial charge in [0.05, 0.1) is 5.56 Å². The summed E-state index contributed by atoms with van der Waals surface area (Å²) in [6.45, 7) is 6.44. The Morgan fingerprint density at radius 3 is 2.75 bits per heavy atom. The Kier molecular flexibility index (Phi) is 7.41. The van der Waals surface area contributed by atoms with Crippen molar-refractivity contribution in [2.45, 2.75) is 58.3 Å². The molecule has 1 aromatic heterocycles. The van der Waals surface area contributed by atoms with E-state index in [1.807, 2.05) is 0 Å². The Morgan fingerprint density at radius 2 is 2.00 bits per heavy atom. The van der Waals surface area contributed by atoms with Crippen LogP contribution in [0.25, 0.3) is 0 Å². The molecule has 0 saturated carbocycles. The quantitative estimate of drug-likeness (QED) is 0.721. The van der Waals surface area contributed by atoms with Crippen LogP contribution in [0.4, 0.5) is 4.79 Å². The second-order valence-electron chi connectivity index (χ2n) is 8.69. The van der Waals surface area contributed by atoms with Crippen LogP contribution in [0, 0.1) is 11.3 Å². The standard InChI is InChI=1S/C24H29N3O5/c1-24(2,3)32-23(29)26-15-18-9-6-7-13-27(18)22(28)21-12-11-19(31-21)16-30-20-10-5-4-8-17(20)14-25/h4-5,8,10-12,18H,6-7,9,13,15-16H2,1-3H3,(H,26,29). The Balaban J connectivity index is 1.60. The van der Waals surface area contributed by atoms with Crippen molar-refractivity contribution in [1.82, 2.24) is 10.2 Å². The number of para-hydroxylation sites is 1. The summed E-state index contributed by atoms with van der Waals surface area (Å²) in [6.07, 6.45) is 2.19. The van der Waals surface area contributed by atoms with Crippen molar-refractivity contribution in [2.24, 2.45) is 0 Å². The number of nitriles is 1. The number of alkyl carbamates (subject to hydrolysis) is 1. The minimum Gasteiger partial charge on any atom is -0.484 e. The van der Waals surface area contributed by atoms with Gasteiger partial charge in [-0.05, 0) is 64.3 Å². The third-order valence-corrected chi connectivity index (χ3v) is 5.02. The summed E-state index contributed by atoms with van der Waals surface area (Å²) >= 11 is 0. The molecule has 0 spiro atoms. The fourth-order valence-corrected chi connectivity index (χ4v) is 3.54. The molecule has 170 valence electrons. The number of amides is 2. The molecule has 0 radical (unpaired) electrons. The normalized spacial score (nSPS) is 16.2. The average Bonchev–Trinajstić information content (AvgIpc) is 3.24. The number of carbonyl (C=O) groups is 2. The number of hydrogen-bond donors (Lipinski definition) is 1. The number of nitrogens with zero attached hydrogens (tertiary/aromatic N) is 2. The summed E-state index contributed by atoms with van der Waals surface area (Å²) in [4.78, 5) is 26.8. The number of carbonyl (C=O) groups excluding carboxylic acids is 2. The van der Waals surface area contributed by atoms with Crippen molar-refractivity contribution in [3.05, 3.63) is 53.5 Å². The first-order valence-electron chi connectivity index (χ1n) is 10.8. The van der Waals surface area contributed by atoms with E-state index in [9.17, 15) is 9.59 Å². The fraction of sp³-hybridized carbons (Fsp3) is 0.458. The highest BCUT2D eigenvalue weighted by Crippen LogP contribution is 2.22. The minimum absolute atomic E-state index is 0.107. The van der Waals surface area contributed by atoms with Gasteiger partial charge in [0.15, 0.2) is 5.76 Å². The van der Waals surface area contributed by atoms with E-state index in [2.05, 4.69) is 11.4 Å². The lowest BCUT2D eigenvalue weighted by molar-refractivity contribution is 0.0452. The Labute approximate surface area is 188 Å². The van der Waals surface area contributed by atoms with Crippen LogP contribution in [-0.4, -0.2) is 41.6 Å². The van der Waals surface area contributed by atoms with Gasteiger partial charge in [-0.25, -0.2) is 4.79 Å². The van der Waals surface area contributed by atoms with Gasteiger partial charge in [0, 0.05) is 19.1 Å². The first-order chi connectivity index (χ1) is 15.3. The van der Waals surface area contributed by atoms with Crippen LogP contribution >= 0.6 is 0 Å². The van der Waals surface area contributed by atoms with Crippen LogP contribution in [0.2, 0.25) is 0 Å². The molecular formula is C24H29N3O5. The van der Waals surface area contributed by atoms with Gasteiger partial charge in [0.1, 0.15) is 29.8 Å². The van der Waals surface area contributed by atoms with Crippen LogP contribution in [0.1, 0.15) is 61.9 Å². The number of ether oxygens (including phenoxy) is 2. The predicted molar refractivity (Wildman–Crippen MR) is 117 cm³/mol. The number of hydrogen-bond acceptors (Lipinski definition) is 6. The molecule has 1 aliphatic heterocycles. The maximum Gasteiger partial charge on any atom is 0.407 e.